The van der Waals surface area contributed by atoms with Crippen LogP contribution in [-0.4, -0.2) is 19.6 Å². The Bertz CT molecular complexity index is 338. The molecule has 3 heteroatoms. The molecule has 0 aliphatic rings. The minimum absolute atomic E-state index is 0.588. The summed E-state index contributed by atoms with van der Waals surface area (Å²) in [6.07, 6.45) is 3.56. The molecule has 1 rings (SSSR count). The van der Waals surface area contributed by atoms with E-state index in [-0.39, 0.29) is 0 Å². The monoisotopic (exact) mass is 299 g/mol. The Hall–Kier alpha value is -0.252. The standard InChI is InChI=1S/C10H11AsBrN/c1-11(2)5-3-4-9-6-10(12)8-13-7-9/h6-8H,5H2,1-2H3. The van der Waals surface area contributed by atoms with Crippen molar-refractivity contribution in [3.05, 3.63) is 28.5 Å². The summed E-state index contributed by atoms with van der Waals surface area (Å²) in [5.74, 6) is 6.29. The van der Waals surface area contributed by atoms with Crippen molar-refractivity contribution in [1.82, 2.24) is 4.98 Å². The van der Waals surface area contributed by atoms with Crippen LogP contribution >= 0.6 is 15.9 Å². The Morgan fingerprint density at radius 1 is 1.46 bits per heavy atom. The summed E-state index contributed by atoms with van der Waals surface area (Å²) < 4.78 is 0.988. The van der Waals surface area contributed by atoms with E-state index < -0.39 is 14.7 Å². The molecule has 0 N–H and O–H groups in total. The van der Waals surface area contributed by atoms with E-state index in [1.165, 1.54) is 0 Å². The normalized spacial score (nSPS) is 9.54. The number of hydrogen-bond acceptors (Lipinski definition) is 1. The quantitative estimate of drug-likeness (QED) is 0.574. The van der Waals surface area contributed by atoms with Crippen molar-refractivity contribution in [2.45, 2.75) is 16.6 Å². The zero-order chi connectivity index (χ0) is 9.68. The Balaban J connectivity index is 2.66. The molecule has 13 heavy (non-hydrogen) atoms. The van der Waals surface area contributed by atoms with Crippen molar-refractivity contribution in [3.8, 4) is 11.8 Å². The molecule has 0 saturated heterocycles. The van der Waals surface area contributed by atoms with E-state index in [4.69, 9.17) is 0 Å². The van der Waals surface area contributed by atoms with Crippen LogP contribution in [0.15, 0.2) is 22.9 Å². The summed E-state index contributed by atoms with van der Waals surface area (Å²) in [7, 11) is 0. The van der Waals surface area contributed by atoms with E-state index in [0.29, 0.717) is 0 Å². The summed E-state index contributed by atoms with van der Waals surface area (Å²) in [4.78, 5) is 4.04. The molecule has 0 aromatic carbocycles. The van der Waals surface area contributed by atoms with E-state index in [1.54, 1.807) is 12.4 Å². The van der Waals surface area contributed by atoms with Gasteiger partial charge in [0.2, 0.25) is 0 Å². The average Bonchev–Trinajstić information content (AvgIpc) is 2.03. The molecule has 1 nitrogen and oxygen atoms in total. The minimum atomic E-state index is -0.588. The van der Waals surface area contributed by atoms with Gasteiger partial charge in [0, 0.05) is 0 Å². The van der Waals surface area contributed by atoms with Crippen LogP contribution in [0.3, 0.4) is 0 Å². The van der Waals surface area contributed by atoms with Gasteiger partial charge in [-0.05, 0) is 0 Å². The number of nitrogens with zero attached hydrogens (tertiary/aromatic N) is 1. The number of aromatic nitrogens is 1. The molecule has 0 amide bonds. The van der Waals surface area contributed by atoms with E-state index in [0.717, 1.165) is 15.2 Å². The topological polar surface area (TPSA) is 12.9 Å². The van der Waals surface area contributed by atoms with Gasteiger partial charge in [-0.3, -0.25) is 0 Å². The van der Waals surface area contributed by atoms with Gasteiger partial charge in [0.05, 0.1) is 0 Å². The van der Waals surface area contributed by atoms with E-state index in [9.17, 15) is 0 Å². The molecule has 0 unspecified atom stereocenters. The van der Waals surface area contributed by atoms with Gasteiger partial charge in [-0.25, -0.2) is 0 Å². The van der Waals surface area contributed by atoms with Crippen LogP contribution < -0.4 is 0 Å². The average molecular weight is 300 g/mol. The van der Waals surface area contributed by atoms with Crippen molar-refractivity contribution >= 4 is 30.6 Å². The van der Waals surface area contributed by atoms with E-state index in [1.807, 2.05) is 6.07 Å². The molecule has 0 aliphatic heterocycles. The Kier molecular flexibility index (Phi) is 4.56. The Morgan fingerprint density at radius 2 is 2.23 bits per heavy atom. The second-order valence-corrected chi connectivity index (χ2v) is 9.04. The fourth-order valence-electron chi connectivity index (χ4n) is 0.780. The molecular formula is C10H11AsBrN. The van der Waals surface area contributed by atoms with Crippen LogP contribution in [0.5, 0.6) is 0 Å². The third kappa shape index (κ3) is 4.50. The van der Waals surface area contributed by atoms with Gasteiger partial charge in [0.25, 0.3) is 0 Å². The van der Waals surface area contributed by atoms with Gasteiger partial charge >= 0.3 is 92.5 Å². The van der Waals surface area contributed by atoms with Gasteiger partial charge in [-0.1, -0.05) is 0 Å². The summed E-state index contributed by atoms with van der Waals surface area (Å²) in [5.41, 5.74) is 5.60. The SMILES string of the molecule is C[As](C)CC#Cc1cncc(Br)c1. The Morgan fingerprint density at radius 3 is 2.85 bits per heavy atom. The first-order valence-corrected chi connectivity index (χ1v) is 9.80. The van der Waals surface area contributed by atoms with Crippen molar-refractivity contribution < 1.29 is 0 Å². The van der Waals surface area contributed by atoms with Gasteiger partial charge in [0.15, 0.2) is 0 Å². The Labute approximate surface area is 92.3 Å². The van der Waals surface area contributed by atoms with Crippen LogP contribution in [0.4, 0.5) is 0 Å². The molecular weight excluding hydrogens is 289 g/mol. The molecule has 0 spiro atoms. The van der Waals surface area contributed by atoms with Crippen molar-refractivity contribution in [1.29, 1.82) is 0 Å². The fraction of sp³-hybridized carbons (Fsp3) is 0.300. The van der Waals surface area contributed by atoms with Crippen LogP contribution in [0, 0.1) is 11.8 Å². The first-order valence-electron chi connectivity index (χ1n) is 3.92. The zero-order valence-electron chi connectivity index (χ0n) is 7.71. The van der Waals surface area contributed by atoms with Crippen LogP contribution in [0.1, 0.15) is 5.56 Å². The molecule has 0 fully saturated rings. The number of hydrogen-bond donors (Lipinski definition) is 0. The van der Waals surface area contributed by atoms with Crippen molar-refractivity contribution in [3.63, 3.8) is 0 Å². The van der Waals surface area contributed by atoms with Gasteiger partial charge < -0.3 is 0 Å². The first kappa shape index (κ1) is 10.8. The predicted molar refractivity (Wildman–Crippen MR) is 61.1 cm³/mol. The molecule has 1 aromatic rings. The molecule has 0 atom stereocenters. The number of rotatable bonds is 1. The van der Waals surface area contributed by atoms with Gasteiger partial charge in [-0.15, -0.1) is 0 Å². The summed E-state index contributed by atoms with van der Waals surface area (Å²) in [6.45, 7) is 0. The molecule has 0 saturated carbocycles. The predicted octanol–water partition coefficient (Wildman–Crippen LogP) is 2.95. The third-order valence-electron chi connectivity index (χ3n) is 1.33. The van der Waals surface area contributed by atoms with Crippen LogP contribution in [0.25, 0.3) is 0 Å². The van der Waals surface area contributed by atoms with E-state index >= 15 is 0 Å². The summed E-state index contributed by atoms with van der Waals surface area (Å²) in [6, 6.07) is 1.99. The van der Waals surface area contributed by atoms with Gasteiger partial charge in [-0.2, -0.15) is 0 Å². The number of pyridine rings is 1. The fourth-order valence-corrected chi connectivity index (χ4v) is 1.97. The third-order valence-corrected chi connectivity index (χ3v) is 3.43. The first-order chi connectivity index (χ1) is 6.18. The van der Waals surface area contributed by atoms with Crippen LogP contribution in [-0.2, 0) is 0 Å². The second kappa shape index (κ2) is 5.47. The van der Waals surface area contributed by atoms with Crippen LogP contribution in [0.2, 0.25) is 16.6 Å². The van der Waals surface area contributed by atoms with E-state index in [2.05, 4.69) is 44.2 Å². The molecule has 1 heterocycles. The zero-order valence-corrected chi connectivity index (χ0v) is 11.2. The maximum absolute atomic E-state index is 4.04. The van der Waals surface area contributed by atoms with Gasteiger partial charge in [0.1, 0.15) is 0 Å². The molecule has 68 valence electrons. The molecule has 1 aromatic heterocycles. The maximum atomic E-state index is 4.04. The van der Waals surface area contributed by atoms with Crippen molar-refractivity contribution in [2.75, 3.05) is 0 Å². The molecule has 0 aliphatic carbocycles. The summed E-state index contributed by atoms with van der Waals surface area (Å²) >= 11 is 2.77. The molecule has 0 radical (unpaired) electrons. The second-order valence-electron chi connectivity index (χ2n) is 2.93. The molecule has 0 bridgehead atoms. The number of halogens is 1. The summed E-state index contributed by atoms with van der Waals surface area (Å²) in [5, 5.41) is 1.08. The van der Waals surface area contributed by atoms with Crippen molar-refractivity contribution in [2.24, 2.45) is 0 Å².